The van der Waals surface area contributed by atoms with Gasteiger partial charge in [-0.1, -0.05) is 20.3 Å². The highest BCUT2D eigenvalue weighted by Gasteiger charge is 2.57. The third-order valence-corrected chi connectivity index (χ3v) is 10.5. The maximum absolute atomic E-state index is 13.2. The molecule has 4 nitrogen and oxygen atoms in total. The first-order valence-corrected chi connectivity index (χ1v) is 12.9. The summed E-state index contributed by atoms with van der Waals surface area (Å²) in [6.45, 7) is 6.93. The first kappa shape index (κ1) is 21.2. The fourth-order valence-electron chi connectivity index (χ4n) is 8.70. The average Bonchev–Trinajstić information content (AvgIpc) is 3.37. The van der Waals surface area contributed by atoms with E-state index in [0.29, 0.717) is 23.3 Å². The fraction of sp³-hybridized carbons (Fsp3) is 0.815. The molecule has 1 heterocycles. The van der Waals surface area contributed by atoms with E-state index in [4.69, 9.17) is 5.26 Å². The predicted molar refractivity (Wildman–Crippen MR) is 121 cm³/mol. The number of carbonyl (C=O) groups excluding carboxylic acids is 1. The highest BCUT2D eigenvalue weighted by Crippen LogP contribution is 2.65. The van der Waals surface area contributed by atoms with Crippen molar-refractivity contribution in [1.29, 1.82) is 5.26 Å². The predicted octanol–water partition coefficient (Wildman–Crippen LogP) is 6.18. The number of hydrogen-bond acceptors (Lipinski definition) is 3. The molecule has 0 bridgehead atoms. The van der Waals surface area contributed by atoms with Gasteiger partial charge in [-0.2, -0.15) is 10.4 Å². The number of rotatable bonds is 4. The van der Waals surface area contributed by atoms with E-state index in [0.717, 1.165) is 35.5 Å². The zero-order valence-corrected chi connectivity index (χ0v) is 19.6. The molecule has 31 heavy (non-hydrogen) atoms. The van der Waals surface area contributed by atoms with Gasteiger partial charge in [0.1, 0.15) is 12.1 Å². The Bertz CT molecular complexity index is 868. The van der Waals surface area contributed by atoms with Gasteiger partial charge in [0.2, 0.25) is 0 Å². The van der Waals surface area contributed by atoms with Gasteiger partial charge in [0.05, 0.1) is 11.8 Å². The summed E-state index contributed by atoms with van der Waals surface area (Å²) in [6.07, 6.45) is 16.5. The van der Waals surface area contributed by atoms with Gasteiger partial charge in [0.25, 0.3) is 0 Å². The number of hydrogen-bond donors (Lipinski definition) is 0. The lowest BCUT2D eigenvalue weighted by molar-refractivity contribution is -0.125. The van der Waals surface area contributed by atoms with Gasteiger partial charge in [-0.15, -0.1) is 0 Å². The highest BCUT2D eigenvalue weighted by molar-refractivity contribution is 5.82. The normalized spacial score (nSPS) is 42.7. The van der Waals surface area contributed by atoms with Gasteiger partial charge in [-0.25, -0.2) is 0 Å². The number of aromatic nitrogens is 2. The highest BCUT2D eigenvalue weighted by atomic mass is 16.1. The summed E-state index contributed by atoms with van der Waals surface area (Å²) in [5.41, 5.74) is 0.867. The zero-order chi connectivity index (χ0) is 21.8. The van der Waals surface area contributed by atoms with Gasteiger partial charge in [-0.05, 0) is 105 Å². The van der Waals surface area contributed by atoms with Crippen LogP contribution in [0.2, 0.25) is 0 Å². The summed E-state index contributed by atoms with van der Waals surface area (Å²) < 4.78 is 1.68. The van der Waals surface area contributed by atoms with Crippen LogP contribution in [-0.2, 0) is 4.79 Å². The van der Waals surface area contributed by atoms with E-state index < -0.39 is 0 Å². The summed E-state index contributed by atoms with van der Waals surface area (Å²) in [4.78, 5) is 13.2. The number of Topliss-reactive ketones (excluding diaryl/α,β-unsaturated/α-hetero) is 1. The van der Waals surface area contributed by atoms with Crippen molar-refractivity contribution in [2.24, 2.45) is 46.8 Å². The average molecular weight is 422 g/mol. The van der Waals surface area contributed by atoms with Crippen LogP contribution in [0.1, 0.15) is 96.6 Å². The molecule has 4 fully saturated rings. The lowest BCUT2D eigenvalue weighted by atomic mass is 9.49. The second-order valence-electron chi connectivity index (χ2n) is 11.8. The van der Waals surface area contributed by atoms with E-state index in [2.05, 4.69) is 25.0 Å². The van der Waals surface area contributed by atoms with Crippen LogP contribution < -0.4 is 0 Å². The summed E-state index contributed by atoms with van der Waals surface area (Å²) in [6, 6.07) is 1.83. The number of carbonyl (C=O) groups is 1. The number of fused-ring (bicyclic) bond motifs is 5. The molecule has 0 aromatic carbocycles. The first-order chi connectivity index (χ1) is 14.9. The molecule has 0 spiro atoms. The molecule has 5 rings (SSSR count). The molecule has 0 radical (unpaired) electrons. The quantitative estimate of drug-likeness (QED) is 0.583. The fourth-order valence-corrected chi connectivity index (χ4v) is 8.70. The topological polar surface area (TPSA) is 58.7 Å². The maximum atomic E-state index is 13.2. The van der Waals surface area contributed by atoms with Crippen LogP contribution in [-0.4, -0.2) is 15.6 Å². The monoisotopic (exact) mass is 421 g/mol. The standard InChI is InChI=1S/C27H39N3O/c1-17-4-7-22-20(12-17)5-8-24-23(22)10-11-27(3)21(6-9-25(24)27)13-26(31)18(2)30-16-19(14-28)15-29-30/h15-18,20-25H,4-13H2,1-3H3/t17-,18-,20+,21+,22-,23+,24+,25-,27+/m0/s1. The van der Waals surface area contributed by atoms with Gasteiger partial charge in [0, 0.05) is 12.6 Å². The SMILES string of the molecule is C[C@H]1CC[C@H]2[C@H](CC[C@@H]3[C@@H]2CC[C@]2(C)[C@@H](CC(=O)[C@H](C)n4cc(C#N)cn4)CC[C@@H]32)C1. The molecule has 4 aliphatic rings. The van der Waals surface area contributed by atoms with Gasteiger partial charge in [0.15, 0.2) is 5.78 Å². The minimum absolute atomic E-state index is 0.277. The summed E-state index contributed by atoms with van der Waals surface area (Å²) in [5.74, 6) is 6.44. The van der Waals surface area contributed by atoms with Crippen LogP contribution in [0.5, 0.6) is 0 Å². The van der Waals surface area contributed by atoms with E-state index in [1.165, 1.54) is 57.8 Å². The second kappa shape index (κ2) is 8.05. The Hall–Kier alpha value is -1.63. The summed E-state index contributed by atoms with van der Waals surface area (Å²) >= 11 is 0. The number of nitriles is 1. The molecular formula is C27H39N3O. The van der Waals surface area contributed by atoms with Crippen molar-refractivity contribution in [3.63, 3.8) is 0 Å². The minimum Gasteiger partial charge on any atom is -0.297 e. The van der Waals surface area contributed by atoms with Crippen molar-refractivity contribution in [1.82, 2.24) is 9.78 Å². The van der Waals surface area contributed by atoms with Crippen LogP contribution in [0.15, 0.2) is 12.4 Å². The van der Waals surface area contributed by atoms with Crippen LogP contribution in [0.25, 0.3) is 0 Å². The lowest BCUT2D eigenvalue weighted by Crippen LogP contribution is -2.48. The molecular weight excluding hydrogens is 382 g/mol. The van der Waals surface area contributed by atoms with E-state index in [9.17, 15) is 4.79 Å². The Morgan fingerprint density at radius 1 is 1.19 bits per heavy atom. The van der Waals surface area contributed by atoms with Crippen molar-refractivity contribution in [2.75, 3.05) is 0 Å². The maximum Gasteiger partial charge on any atom is 0.157 e. The van der Waals surface area contributed by atoms with E-state index in [1.807, 2.05) is 6.92 Å². The summed E-state index contributed by atoms with van der Waals surface area (Å²) in [5, 5.41) is 13.3. The third kappa shape index (κ3) is 3.57. The van der Waals surface area contributed by atoms with Gasteiger partial charge >= 0.3 is 0 Å². The van der Waals surface area contributed by atoms with E-state index in [-0.39, 0.29) is 11.8 Å². The van der Waals surface area contributed by atoms with Gasteiger partial charge in [-0.3, -0.25) is 9.48 Å². The Labute approximate surface area is 187 Å². The molecule has 0 aliphatic heterocycles. The molecule has 4 heteroatoms. The Balaban J connectivity index is 1.27. The number of nitrogens with zero attached hydrogens (tertiary/aromatic N) is 3. The Kier molecular flexibility index (Phi) is 5.51. The Morgan fingerprint density at radius 2 is 2.00 bits per heavy atom. The van der Waals surface area contributed by atoms with Crippen molar-refractivity contribution < 1.29 is 4.79 Å². The molecule has 1 aromatic rings. The summed E-state index contributed by atoms with van der Waals surface area (Å²) in [7, 11) is 0. The molecule has 0 amide bonds. The molecule has 0 saturated heterocycles. The molecule has 9 atom stereocenters. The van der Waals surface area contributed by atoms with Crippen LogP contribution >= 0.6 is 0 Å². The van der Waals surface area contributed by atoms with Crippen LogP contribution in [0.4, 0.5) is 0 Å². The van der Waals surface area contributed by atoms with E-state index >= 15 is 0 Å². The Morgan fingerprint density at radius 3 is 2.77 bits per heavy atom. The lowest BCUT2D eigenvalue weighted by Gasteiger charge is -2.56. The molecule has 1 aromatic heterocycles. The molecule has 0 unspecified atom stereocenters. The molecule has 168 valence electrons. The van der Waals surface area contributed by atoms with Crippen LogP contribution in [0.3, 0.4) is 0 Å². The van der Waals surface area contributed by atoms with Crippen molar-refractivity contribution in [2.45, 2.75) is 91.0 Å². The molecule has 4 aliphatic carbocycles. The third-order valence-electron chi connectivity index (χ3n) is 10.5. The van der Waals surface area contributed by atoms with Crippen LogP contribution in [0, 0.1) is 58.2 Å². The second-order valence-corrected chi connectivity index (χ2v) is 11.8. The first-order valence-electron chi connectivity index (χ1n) is 12.9. The smallest absolute Gasteiger partial charge is 0.157 e. The molecule has 0 N–H and O–H groups in total. The van der Waals surface area contributed by atoms with E-state index in [1.54, 1.807) is 17.1 Å². The minimum atomic E-state index is -0.277. The largest absolute Gasteiger partial charge is 0.297 e. The van der Waals surface area contributed by atoms with Gasteiger partial charge < -0.3 is 0 Å². The molecule has 4 saturated carbocycles. The van der Waals surface area contributed by atoms with Crippen molar-refractivity contribution in [3.8, 4) is 6.07 Å². The van der Waals surface area contributed by atoms with Crippen molar-refractivity contribution >= 4 is 5.78 Å². The van der Waals surface area contributed by atoms with Crippen molar-refractivity contribution in [3.05, 3.63) is 18.0 Å². The zero-order valence-electron chi connectivity index (χ0n) is 19.6. The number of ketones is 1.